The van der Waals surface area contributed by atoms with Crippen molar-refractivity contribution in [1.29, 1.82) is 0 Å². The van der Waals surface area contributed by atoms with Gasteiger partial charge in [-0.05, 0) is 85.1 Å². The number of fused-ring (bicyclic) bond motifs is 2. The molecule has 1 N–H and O–H groups in total. The topological polar surface area (TPSA) is 183 Å². The van der Waals surface area contributed by atoms with Gasteiger partial charge < -0.3 is 9.47 Å². The Labute approximate surface area is 320 Å². The summed E-state index contributed by atoms with van der Waals surface area (Å²) in [6.07, 6.45) is 8.41. The molecule has 18 heteroatoms. The summed E-state index contributed by atoms with van der Waals surface area (Å²) in [4.78, 5) is 71.6. The van der Waals surface area contributed by atoms with Crippen LogP contribution in [-0.4, -0.2) is 83.8 Å². The molecule has 2 aliphatic carbocycles. The summed E-state index contributed by atoms with van der Waals surface area (Å²) < 4.78 is 14.1. The molecule has 3 aliphatic rings. The number of hydrogen-bond acceptors (Lipinski definition) is 11. The molecule has 0 aromatic carbocycles. The van der Waals surface area contributed by atoms with Crippen molar-refractivity contribution in [2.24, 2.45) is 11.8 Å². The Morgan fingerprint density at radius 2 is 1.26 bits per heavy atom. The van der Waals surface area contributed by atoms with Gasteiger partial charge in [-0.3, -0.25) is 29.5 Å². The van der Waals surface area contributed by atoms with Crippen molar-refractivity contribution in [2.75, 3.05) is 22.9 Å². The van der Waals surface area contributed by atoms with E-state index in [1.165, 1.54) is 31.2 Å². The van der Waals surface area contributed by atoms with E-state index in [0.29, 0.717) is 70.8 Å². The molecule has 5 heterocycles. The predicted octanol–water partition coefficient (Wildman–Crippen LogP) is 6.31. The van der Waals surface area contributed by atoms with Gasteiger partial charge in [-0.25, -0.2) is 19.6 Å². The lowest BCUT2D eigenvalue weighted by Crippen LogP contribution is -2.39. The van der Waals surface area contributed by atoms with Crippen molar-refractivity contribution in [3.8, 4) is 0 Å². The highest BCUT2D eigenvalue weighted by molar-refractivity contribution is 6.30. The summed E-state index contributed by atoms with van der Waals surface area (Å²) >= 11 is 12.4. The van der Waals surface area contributed by atoms with Gasteiger partial charge in [-0.2, -0.15) is 19.2 Å². The van der Waals surface area contributed by atoms with E-state index in [9.17, 15) is 24.0 Å². The summed E-state index contributed by atoms with van der Waals surface area (Å²) in [5.74, 6) is 0.910. The molecular formula is C36H41Cl2N9O7. The molecule has 54 heavy (non-hydrogen) atoms. The van der Waals surface area contributed by atoms with E-state index in [1.807, 2.05) is 41.5 Å². The van der Waals surface area contributed by atoms with Crippen LogP contribution in [-0.2, 0) is 19.1 Å². The third kappa shape index (κ3) is 9.34. The number of anilines is 2. The molecule has 7 rings (SSSR count). The van der Waals surface area contributed by atoms with Crippen LogP contribution in [0.3, 0.4) is 0 Å². The zero-order chi connectivity index (χ0) is 39.1. The molecule has 0 spiro atoms. The molecule has 1 aliphatic heterocycles. The quantitative estimate of drug-likeness (QED) is 0.0915. The van der Waals surface area contributed by atoms with Gasteiger partial charge in [0, 0.05) is 36.4 Å². The molecule has 2 saturated carbocycles. The second-order valence-electron chi connectivity index (χ2n) is 15.5. The molecule has 4 aromatic rings. The minimum absolute atomic E-state index is 0.00465. The lowest BCUT2D eigenvalue weighted by atomic mass is 10.1. The highest BCUT2D eigenvalue weighted by Gasteiger charge is 2.34. The third-order valence-corrected chi connectivity index (χ3v) is 8.69. The van der Waals surface area contributed by atoms with E-state index in [2.05, 4.69) is 25.5 Å². The Bertz CT molecular complexity index is 2180. The number of ether oxygens (including phenoxy) is 2. The van der Waals surface area contributed by atoms with E-state index in [0.717, 1.165) is 25.7 Å². The first-order chi connectivity index (χ1) is 25.4. The smallest absolute Gasteiger partial charge is 0.416 e. The number of aldehydes is 1. The van der Waals surface area contributed by atoms with Crippen LogP contribution in [0, 0.1) is 11.8 Å². The number of halogens is 2. The van der Waals surface area contributed by atoms with Crippen LogP contribution in [0.1, 0.15) is 89.6 Å². The van der Waals surface area contributed by atoms with E-state index in [-0.39, 0.29) is 22.6 Å². The van der Waals surface area contributed by atoms with Gasteiger partial charge in [-0.1, -0.05) is 23.2 Å². The van der Waals surface area contributed by atoms with Crippen molar-refractivity contribution in [3.63, 3.8) is 0 Å². The SMILES string of the molecule is CC(C)(C)OC(=O)N(CC1CC1)c1cc(Cl)nc2c(/C=C3\CC(=O)NC3=O)cnn12.CC(C)(C)OC(=O)N(CC1CC1)c1cc(Cl)nc2c(C=O)cnn12. The van der Waals surface area contributed by atoms with Gasteiger partial charge in [0.2, 0.25) is 5.91 Å². The largest absolute Gasteiger partial charge is 0.443 e. The normalized spacial score (nSPS) is 16.6. The zero-order valence-electron chi connectivity index (χ0n) is 30.8. The number of rotatable bonds is 8. The minimum Gasteiger partial charge on any atom is -0.443 e. The highest BCUT2D eigenvalue weighted by atomic mass is 35.5. The highest BCUT2D eigenvalue weighted by Crippen LogP contribution is 2.35. The van der Waals surface area contributed by atoms with E-state index in [1.54, 1.807) is 18.2 Å². The van der Waals surface area contributed by atoms with Gasteiger partial charge >= 0.3 is 12.2 Å². The maximum absolute atomic E-state index is 12.9. The number of carbonyl (C=O) groups excluding carboxylic acids is 5. The fourth-order valence-corrected chi connectivity index (χ4v) is 5.88. The molecule has 286 valence electrons. The number of imide groups is 1. The Kier molecular flexibility index (Phi) is 10.7. The predicted molar refractivity (Wildman–Crippen MR) is 200 cm³/mol. The van der Waals surface area contributed by atoms with Crippen molar-refractivity contribution < 1.29 is 33.4 Å². The lowest BCUT2D eigenvalue weighted by molar-refractivity contribution is -0.124. The van der Waals surface area contributed by atoms with Crippen LogP contribution in [0.15, 0.2) is 30.1 Å². The van der Waals surface area contributed by atoms with Gasteiger partial charge in [-0.15, -0.1) is 0 Å². The molecule has 0 unspecified atom stereocenters. The number of carbonyl (C=O) groups is 5. The van der Waals surface area contributed by atoms with Crippen LogP contribution in [0.25, 0.3) is 17.4 Å². The maximum Gasteiger partial charge on any atom is 0.416 e. The number of amides is 4. The van der Waals surface area contributed by atoms with E-state index >= 15 is 0 Å². The standard InChI is InChI=1S/C20H22ClN5O4.C16H19ClN4O3/c1-20(2,3)30-19(29)25(10-11-4-5-11)16-8-14(21)23-17-13(9-22-26(16)17)6-12-7-15(27)24-18(12)28;1-16(2,3)24-15(23)20(8-10-4-5-10)13-6-12(17)19-14-11(9-22)7-18-21(13)14/h6,8-9,11H,4-5,7,10H2,1-3H3,(H,24,27,28);6-7,9-10H,4-5,8H2,1-3H3/b12-6+;. The summed E-state index contributed by atoms with van der Waals surface area (Å²) in [5.41, 5.74) is 0.575. The molecule has 16 nitrogen and oxygen atoms in total. The first kappa shape index (κ1) is 38.6. The fourth-order valence-electron chi connectivity index (χ4n) is 5.52. The Balaban J connectivity index is 0.000000189. The molecule has 3 fully saturated rings. The third-order valence-electron chi connectivity index (χ3n) is 8.31. The van der Waals surface area contributed by atoms with Gasteiger partial charge in [0.1, 0.15) is 33.1 Å². The van der Waals surface area contributed by atoms with E-state index < -0.39 is 29.3 Å². The van der Waals surface area contributed by atoms with Crippen LogP contribution >= 0.6 is 23.2 Å². The molecule has 0 radical (unpaired) electrons. The average Bonchev–Trinajstić information content (AvgIpc) is 3.96. The van der Waals surface area contributed by atoms with Crippen molar-refractivity contribution in [3.05, 3.63) is 51.5 Å². The average molecular weight is 783 g/mol. The minimum atomic E-state index is -0.656. The molecule has 1 saturated heterocycles. The molecular weight excluding hydrogens is 741 g/mol. The van der Waals surface area contributed by atoms with Gasteiger partial charge in [0.05, 0.1) is 24.4 Å². The zero-order valence-corrected chi connectivity index (χ0v) is 32.3. The van der Waals surface area contributed by atoms with Crippen molar-refractivity contribution >= 4 is 82.5 Å². The summed E-state index contributed by atoms with van der Waals surface area (Å²) in [6, 6.07) is 3.12. The second-order valence-corrected chi connectivity index (χ2v) is 16.2. The van der Waals surface area contributed by atoms with E-state index in [4.69, 9.17) is 32.7 Å². The van der Waals surface area contributed by atoms with Gasteiger partial charge in [0.15, 0.2) is 17.6 Å². The van der Waals surface area contributed by atoms with Crippen LogP contribution in [0.5, 0.6) is 0 Å². The van der Waals surface area contributed by atoms with Crippen LogP contribution in [0.2, 0.25) is 10.3 Å². The monoisotopic (exact) mass is 781 g/mol. The first-order valence-electron chi connectivity index (χ1n) is 17.5. The number of nitrogens with zero attached hydrogens (tertiary/aromatic N) is 8. The fraction of sp³-hybridized carbons (Fsp3) is 0.472. The summed E-state index contributed by atoms with van der Waals surface area (Å²) in [7, 11) is 0. The number of aromatic nitrogens is 6. The van der Waals surface area contributed by atoms with Crippen LogP contribution in [0.4, 0.5) is 21.2 Å². The molecule has 0 atom stereocenters. The Morgan fingerprint density at radius 1 is 0.815 bits per heavy atom. The van der Waals surface area contributed by atoms with Crippen LogP contribution < -0.4 is 15.1 Å². The Hall–Kier alpha value is -5.09. The summed E-state index contributed by atoms with van der Waals surface area (Å²) in [6.45, 7) is 11.9. The maximum atomic E-state index is 12.9. The first-order valence-corrected chi connectivity index (χ1v) is 18.2. The Morgan fingerprint density at radius 3 is 1.65 bits per heavy atom. The van der Waals surface area contributed by atoms with Gasteiger partial charge in [0.25, 0.3) is 5.91 Å². The summed E-state index contributed by atoms with van der Waals surface area (Å²) in [5, 5.41) is 11.1. The molecule has 0 bridgehead atoms. The second kappa shape index (κ2) is 15.0. The van der Waals surface area contributed by atoms with Crippen molar-refractivity contribution in [1.82, 2.24) is 34.5 Å². The molecule has 4 aromatic heterocycles. The van der Waals surface area contributed by atoms with Crippen molar-refractivity contribution in [2.45, 2.75) is 84.8 Å². The molecule has 4 amide bonds. The lowest BCUT2D eigenvalue weighted by Gasteiger charge is -2.27. The number of hydrogen-bond donors (Lipinski definition) is 1. The number of nitrogens with one attached hydrogen (secondary N) is 1.